The smallest absolute Gasteiger partial charge is 0.265 e. The van der Waals surface area contributed by atoms with Gasteiger partial charge in [0, 0.05) is 4.47 Å². The number of rotatable bonds is 2. The summed E-state index contributed by atoms with van der Waals surface area (Å²) in [5.74, 6) is -2.12. The zero-order chi connectivity index (χ0) is 14.2. The fraction of sp³-hybridized carbons (Fsp3) is 0.0833. The number of anilines is 1. The van der Waals surface area contributed by atoms with Crippen LogP contribution in [0.3, 0.4) is 0 Å². The first kappa shape index (κ1) is 14.6. The summed E-state index contributed by atoms with van der Waals surface area (Å²) < 4.78 is 28.7. The van der Waals surface area contributed by atoms with E-state index in [1.54, 1.807) is 6.07 Å². The molecule has 0 bridgehead atoms. The fourth-order valence-electron chi connectivity index (χ4n) is 1.40. The first-order chi connectivity index (χ1) is 8.90. The summed E-state index contributed by atoms with van der Waals surface area (Å²) in [6, 6.07) is 4.02. The predicted octanol–water partition coefficient (Wildman–Crippen LogP) is 5.11. The highest BCUT2D eigenvalue weighted by molar-refractivity contribution is 9.13. The summed E-state index contributed by atoms with van der Waals surface area (Å²) in [5.41, 5.74) is -0.157. The van der Waals surface area contributed by atoms with E-state index < -0.39 is 23.2 Å². The summed E-state index contributed by atoms with van der Waals surface area (Å²) in [7, 11) is 0. The van der Waals surface area contributed by atoms with Crippen LogP contribution in [-0.4, -0.2) is 5.91 Å². The summed E-state index contributed by atoms with van der Waals surface area (Å²) in [6.45, 7) is 1.50. The van der Waals surface area contributed by atoms with E-state index in [9.17, 15) is 13.6 Å². The standard InChI is InChI=1S/C12H7Br2F2NOS/c1-5-2-3-7(15)10(9(5)16)17-12(18)8-4-6(13)11(14)19-8/h2-4H,1H3,(H,17,18). The molecule has 2 nitrogen and oxygen atoms in total. The van der Waals surface area contributed by atoms with Gasteiger partial charge in [-0.05, 0) is 56.5 Å². The number of aryl methyl sites for hydroxylation is 1. The molecule has 0 saturated carbocycles. The third-order valence-corrected chi connectivity index (χ3v) is 5.65. The molecule has 19 heavy (non-hydrogen) atoms. The van der Waals surface area contributed by atoms with Crippen molar-refractivity contribution in [2.24, 2.45) is 0 Å². The van der Waals surface area contributed by atoms with Crippen molar-refractivity contribution < 1.29 is 13.6 Å². The Kier molecular flexibility index (Phi) is 4.37. The van der Waals surface area contributed by atoms with Gasteiger partial charge >= 0.3 is 0 Å². The molecule has 1 N–H and O–H groups in total. The van der Waals surface area contributed by atoms with Crippen molar-refractivity contribution in [3.63, 3.8) is 0 Å². The van der Waals surface area contributed by atoms with Crippen molar-refractivity contribution in [2.75, 3.05) is 5.32 Å². The molecule has 0 aliphatic rings. The van der Waals surface area contributed by atoms with Crippen molar-refractivity contribution in [3.8, 4) is 0 Å². The van der Waals surface area contributed by atoms with Crippen LogP contribution < -0.4 is 5.32 Å². The zero-order valence-electron chi connectivity index (χ0n) is 9.56. The third kappa shape index (κ3) is 3.04. The number of hydrogen-bond donors (Lipinski definition) is 1. The molecule has 1 aromatic carbocycles. The number of halogens is 4. The van der Waals surface area contributed by atoms with E-state index in [0.717, 1.165) is 9.85 Å². The van der Waals surface area contributed by atoms with Crippen LogP contribution in [0.15, 0.2) is 26.5 Å². The van der Waals surface area contributed by atoms with Gasteiger partial charge in [-0.2, -0.15) is 0 Å². The average Bonchev–Trinajstić information content (AvgIpc) is 2.70. The van der Waals surface area contributed by atoms with Crippen LogP contribution in [0.1, 0.15) is 15.2 Å². The van der Waals surface area contributed by atoms with Gasteiger partial charge in [0.05, 0.1) is 8.66 Å². The van der Waals surface area contributed by atoms with Crippen molar-refractivity contribution >= 4 is 54.8 Å². The maximum absolute atomic E-state index is 13.8. The summed E-state index contributed by atoms with van der Waals surface area (Å²) >= 11 is 7.67. The molecule has 0 fully saturated rings. The number of nitrogens with one attached hydrogen (secondary N) is 1. The number of thiophene rings is 1. The van der Waals surface area contributed by atoms with Gasteiger partial charge in [0.1, 0.15) is 11.5 Å². The van der Waals surface area contributed by atoms with Crippen molar-refractivity contribution in [1.29, 1.82) is 0 Å². The van der Waals surface area contributed by atoms with Gasteiger partial charge < -0.3 is 5.32 Å². The molecule has 100 valence electrons. The number of carbonyl (C=O) groups is 1. The lowest BCUT2D eigenvalue weighted by Gasteiger charge is -2.08. The Hall–Kier alpha value is -0.790. The van der Waals surface area contributed by atoms with Gasteiger partial charge in [0.15, 0.2) is 5.82 Å². The van der Waals surface area contributed by atoms with E-state index in [-0.39, 0.29) is 5.56 Å². The summed E-state index contributed by atoms with van der Waals surface area (Å²) in [5, 5.41) is 2.26. The molecule has 0 unspecified atom stereocenters. The second-order valence-corrected chi connectivity index (χ2v) is 6.96. The van der Waals surface area contributed by atoms with E-state index in [1.165, 1.54) is 24.3 Å². The maximum atomic E-state index is 13.8. The summed E-state index contributed by atoms with van der Waals surface area (Å²) in [4.78, 5) is 12.3. The van der Waals surface area contributed by atoms with E-state index in [2.05, 4.69) is 37.2 Å². The third-order valence-electron chi connectivity index (χ3n) is 2.39. The van der Waals surface area contributed by atoms with E-state index in [0.29, 0.717) is 9.35 Å². The lowest BCUT2D eigenvalue weighted by molar-refractivity contribution is 0.102. The van der Waals surface area contributed by atoms with E-state index in [4.69, 9.17) is 0 Å². The van der Waals surface area contributed by atoms with Crippen LogP contribution >= 0.6 is 43.2 Å². The Morgan fingerprint density at radius 2 is 2.00 bits per heavy atom. The molecule has 0 atom stereocenters. The molecular weight excluding hydrogens is 404 g/mol. The molecule has 0 saturated heterocycles. The van der Waals surface area contributed by atoms with Crippen LogP contribution in [0.5, 0.6) is 0 Å². The molecule has 0 aliphatic heterocycles. The second-order valence-electron chi connectivity index (χ2n) is 3.74. The van der Waals surface area contributed by atoms with Crippen LogP contribution in [0.4, 0.5) is 14.5 Å². The summed E-state index contributed by atoms with van der Waals surface area (Å²) in [6.07, 6.45) is 0. The van der Waals surface area contributed by atoms with Gasteiger partial charge in [0.2, 0.25) is 0 Å². The average molecular weight is 411 g/mol. The molecule has 0 radical (unpaired) electrons. The number of carbonyl (C=O) groups excluding carboxylic acids is 1. The molecule has 2 rings (SSSR count). The largest absolute Gasteiger partial charge is 0.316 e. The molecular formula is C12H7Br2F2NOS. The molecule has 0 aliphatic carbocycles. The minimum absolute atomic E-state index is 0.269. The number of amides is 1. The predicted molar refractivity (Wildman–Crippen MR) is 78.8 cm³/mol. The first-order valence-corrected chi connectivity index (χ1v) is 7.51. The molecule has 1 aromatic heterocycles. The Labute approximate surface area is 129 Å². The van der Waals surface area contributed by atoms with E-state index >= 15 is 0 Å². The molecule has 2 aromatic rings. The Morgan fingerprint density at radius 3 is 2.58 bits per heavy atom. The van der Waals surface area contributed by atoms with Crippen molar-refractivity contribution in [1.82, 2.24) is 0 Å². The highest BCUT2D eigenvalue weighted by Gasteiger charge is 2.17. The number of hydrogen-bond acceptors (Lipinski definition) is 2. The normalized spacial score (nSPS) is 10.6. The van der Waals surface area contributed by atoms with Crippen LogP contribution in [-0.2, 0) is 0 Å². The zero-order valence-corrected chi connectivity index (χ0v) is 13.5. The maximum Gasteiger partial charge on any atom is 0.265 e. The minimum atomic E-state index is -0.800. The lowest BCUT2D eigenvalue weighted by Crippen LogP contribution is -2.13. The second kappa shape index (κ2) is 5.68. The Morgan fingerprint density at radius 1 is 1.32 bits per heavy atom. The van der Waals surface area contributed by atoms with Crippen LogP contribution in [0, 0.1) is 18.6 Å². The van der Waals surface area contributed by atoms with Gasteiger partial charge in [-0.15, -0.1) is 11.3 Å². The first-order valence-electron chi connectivity index (χ1n) is 5.11. The van der Waals surface area contributed by atoms with Crippen LogP contribution in [0.2, 0.25) is 0 Å². The fourth-order valence-corrected chi connectivity index (χ4v) is 3.34. The topological polar surface area (TPSA) is 29.1 Å². The van der Waals surface area contributed by atoms with Crippen LogP contribution in [0.25, 0.3) is 0 Å². The quantitative estimate of drug-likeness (QED) is 0.732. The van der Waals surface area contributed by atoms with Gasteiger partial charge in [-0.3, -0.25) is 4.79 Å². The van der Waals surface area contributed by atoms with Gasteiger partial charge in [-0.1, -0.05) is 6.07 Å². The van der Waals surface area contributed by atoms with Gasteiger partial charge in [-0.25, -0.2) is 8.78 Å². The van der Waals surface area contributed by atoms with Gasteiger partial charge in [0.25, 0.3) is 5.91 Å². The van der Waals surface area contributed by atoms with E-state index in [1.807, 2.05) is 0 Å². The van der Waals surface area contributed by atoms with Crippen molar-refractivity contribution in [3.05, 3.63) is 48.5 Å². The highest BCUT2D eigenvalue weighted by Crippen LogP contribution is 2.33. The minimum Gasteiger partial charge on any atom is -0.316 e. The SMILES string of the molecule is Cc1ccc(F)c(NC(=O)c2cc(Br)c(Br)s2)c1F. The Bertz CT molecular complexity index is 638. The van der Waals surface area contributed by atoms with Crippen molar-refractivity contribution in [2.45, 2.75) is 6.92 Å². The molecule has 1 amide bonds. The highest BCUT2D eigenvalue weighted by atomic mass is 79.9. The molecule has 1 heterocycles. The monoisotopic (exact) mass is 409 g/mol. The number of benzene rings is 1. The lowest BCUT2D eigenvalue weighted by atomic mass is 10.2. The molecule has 7 heteroatoms. The molecule has 0 spiro atoms. The Balaban J connectivity index is 2.31.